The van der Waals surface area contributed by atoms with Gasteiger partial charge >= 0.3 is 6.03 Å². The largest absolute Gasteiger partial charge is 0.338 e. The predicted octanol–water partition coefficient (Wildman–Crippen LogP) is 3.22. The van der Waals surface area contributed by atoms with Crippen molar-refractivity contribution < 1.29 is 4.79 Å². The highest BCUT2D eigenvalue weighted by Crippen LogP contribution is 2.07. The molecule has 2 amide bonds. The summed E-state index contributed by atoms with van der Waals surface area (Å²) in [7, 11) is 0. The minimum Gasteiger partial charge on any atom is -0.338 e. The number of thiophene rings is 1. The highest BCUT2D eigenvalue weighted by atomic mass is 32.1. The van der Waals surface area contributed by atoms with Gasteiger partial charge in [0.25, 0.3) is 0 Å². The van der Waals surface area contributed by atoms with Crippen LogP contribution in [0.4, 0.5) is 4.79 Å². The van der Waals surface area contributed by atoms with Gasteiger partial charge in [0.15, 0.2) is 0 Å². The smallest absolute Gasteiger partial charge is 0.314 e. The van der Waals surface area contributed by atoms with E-state index in [2.05, 4.69) is 34.2 Å². The van der Waals surface area contributed by atoms with Crippen molar-refractivity contribution in [2.45, 2.75) is 19.3 Å². The summed E-state index contributed by atoms with van der Waals surface area (Å²) in [5.41, 5.74) is 1.31. The third kappa shape index (κ3) is 5.45. The van der Waals surface area contributed by atoms with Crippen molar-refractivity contribution in [3.8, 4) is 0 Å². The van der Waals surface area contributed by atoms with Crippen LogP contribution in [0.1, 0.15) is 16.9 Å². The number of amides is 2. The summed E-state index contributed by atoms with van der Waals surface area (Å²) in [4.78, 5) is 12.9. The van der Waals surface area contributed by atoms with Crippen LogP contribution in [-0.4, -0.2) is 19.1 Å². The molecule has 0 spiro atoms. The first-order chi connectivity index (χ1) is 9.84. The standard InChI is InChI=1S/C16H20N2OS/c19-16(18-12-10-15-9-5-13-20-15)17-11-4-8-14-6-2-1-3-7-14/h1-3,5-7,9,13H,4,8,10-12H2,(H2,17,18,19). The van der Waals surface area contributed by atoms with E-state index in [0.29, 0.717) is 13.1 Å². The van der Waals surface area contributed by atoms with Gasteiger partial charge in [-0.15, -0.1) is 11.3 Å². The van der Waals surface area contributed by atoms with Crippen LogP contribution in [0, 0.1) is 0 Å². The van der Waals surface area contributed by atoms with Crippen molar-refractivity contribution in [3.63, 3.8) is 0 Å². The Hall–Kier alpha value is -1.81. The number of nitrogens with one attached hydrogen (secondary N) is 2. The molecular weight excluding hydrogens is 268 g/mol. The lowest BCUT2D eigenvalue weighted by Crippen LogP contribution is -2.37. The summed E-state index contributed by atoms with van der Waals surface area (Å²) in [6, 6.07) is 14.4. The fourth-order valence-electron chi connectivity index (χ4n) is 1.96. The van der Waals surface area contributed by atoms with Crippen LogP contribution < -0.4 is 10.6 Å². The molecule has 4 heteroatoms. The third-order valence-electron chi connectivity index (χ3n) is 3.01. The third-order valence-corrected chi connectivity index (χ3v) is 3.94. The van der Waals surface area contributed by atoms with Crippen molar-refractivity contribution >= 4 is 17.4 Å². The van der Waals surface area contributed by atoms with E-state index in [1.54, 1.807) is 11.3 Å². The van der Waals surface area contributed by atoms with Gasteiger partial charge in [-0.25, -0.2) is 4.79 Å². The van der Waals surface area contributed by atoms with Crippen LogP contribution in [0.5, 0.6) is 0 Å². The Morgan fingerprint density at radius 2 is 1.75 bits per heavy atom. The molecule has 0 bridgehead atoms. The predicted molar refractivity (Wildman–Crippen MR) is 84.2 cm³/mol. The zero-order valence-corrected chi connectivity index (χ0v) is 12.3. The number of carbonyl (C=O) groups is 1. The van der Waals surface area contributed by atoms with Crippen LogP contribution in [0.15, 0.2) is 47.8 Å². The molecule has 1 heterocycles. The molecule has 0 unspecified atom stereocenters. The fourth-order valence-corrected chi connectivity index (χ4v) is 2.66. The van der Waals surface area contributed by atoms with Gasteiger partial charge in [-0.3, -0.25) is 0 Å². The molecule has 0 saturated carbocycles. The Labute approximate surface area is 124 Å². The average molecular weight is 288 g/mol. The molecule has 2 N–H and O–H groups in total. The Morgan fingerprint density at radius 3 is 2.50 bits per heavy atom. The first-order valence-electron chi connectivity index (χ1n) is 6.92. The maximum Gasteiger partial charge on any atom is 0.314 e. The number of carbonyl (C=O) groups excluding carboxylic acids is 1. The SMILES string of the molecule is O=C(NCCCc1ccccc1)NCCc1cccs1. The molecule has 0 aliphatic heterocycles. The van der Waals surface area contributed by atoms with Crippen molar-refractivity contribution in [3.05, 3.63) is 58.3 Å². The Balaban J connectivity index is 1.52. The monoisotopic (exact) mass is 288 g/mol. The second kappa shape index (κ2) is 8.38. The van der Waals surface area contributed by atoms with Gasteiger partial charge in [-0.1, -0.05) is 36.4 Å². The molecule has 0 aliphatic rings. The Bertz CT molecular complexity index is 496. The van der Waals surface area contributed by atoms with Crippen molar-refractivity contribution in [1.29, 1.82) is 0 Å². The minimum atomic E-state index is -0.0744. The number of benzene rings is 1. The average Bonchev–Trinajstić information content (AvgIpc) is 2.98. The zero-order valence-electron chi connectivity index (χ0n) is 11.5. The summed E-state index contributed by atoms with van der Waals surface area (Å²) < 4.78 is 0. The van der Waals surface area contributed by atoms with Gasteiger partial charge < -0.3 is 10.6 Å². The minimum absolute atomic E-state index is 0.0744. The Morgan fingerprint density at radius 1 is 0.950 bits per heavy atom. The molecule has 0 fully saturated rings. The topological polar surface area (TPSA) is 41.1 Å². The summed E-state index contributed by atoms with van der Waals surface area (Å²) in [6.07, 6.45) is 2.85. The maximum absolute atomic E-state index is 11.6. The van der Waals surface area contributed by atoms with E-state index in [0.717, 1.165) is 19.3 Å². The molecular formula is C16H20N2OS. The molecule has 20 heavy (non-hydrogen) atoms. The quantitative estimate of drug-likeness (QED) is 0.755. The molecule has 2 rings (SSSR count). The summed E-state index contributed by atoms with van der Waals surface area (Å²) in [5.74, 6) is 0. The van der Waals surface area contributed by atoms with Gasteiger partial charge in [0.2, 0.25) is 0 Å². The van der Waals surface area contributed by atoms with E-state index < -0.39 is 0 Å². The van der Waals surface area contributed by atoms with Gasteiger partial charge in [0.05, 0.1) is 0 Å². The van der Waals surface area contributed by atoms with Crippen LogP contribution in [0.3, 0.4) is 0 Å². The van der Waals surface area contributed by atoms with Gasteiger partial charge in [0.1, 0.15) is 0 Å². The second-order valence-corrected chi connectivity index (χ2v) is 5.63. The molecule has 2 aromatic rings. The van der Waals surface area contributed by atoms with E-state index in [4.69, 9.17) is 0 Å². The molecule has 0 atom stereocenters. The van der Waals surface area contributed by atoms with E-state index >= 15 is 0 Å². The van der Waals surface area contributed by atoms with E-state index in [-0.39, 0.29) is 6.03 Å². The number of aryl methyl sites for hydroxylation is 1. The first-order valence-corrected chi connectivity index (χ1v) is 7.80. The molecule has 0 radical (unpaired) electrons. The van der Waals surface area contributed by atoms with E-state index in [9.17, 15) is 4.79 Å². The van der Waals surface area contributed by atoms with E-state index in [1.807, 2.05) is 24.3 Å². The molecule has 1 aromatic carbocycles. The summed E-state index contributed by atoms with van der Waals surface area (Å²) in [5, 5.41) is 7.82. The zero-order chi connectivity index (χ0) is 14.0. The van der Waals surface area contributed by atoms with Crippen molar-refractivity contribution in [2.75, 3.05) is 13.1 Å². The number of rotatable bonds is 7. The number of urea groups is 1. The number of hydrogen-bond donors (Lipinski definition) is 2. The molecule has 3 nitrogen and oxygen atoms in total. The van der Waals surface area contributed by atoms with E-state index in [1.165, 1.54) is 10.4 Å². The molecule has 106 valence electrons. The highest BCUT2D eigenvalue weighted by molar-refractivity contribution is 7.09. The fraction of sp³-hybridized carbons (Fsp3) is 0.312. The van der Waals surface area contributed by atoms with Crippen molar-refractivity contribution in [2.24, 2.45) is 0 Å². The first kappa shape index (κ1) is 14.6. The van der Waals surface area contributed by atoms with Crippen LogP contribution in [0.25, 0.3) is 0 Å². The Kier molecular flexibility index (Phi) is 6.11. The van der Waals surface area contributed by atoms with Crippen LogP contribution >= 0.6 is 11.3 Å². The summed E-state index contributed by atoms with van der Waals surface area (Å²) >= 11 is 1.72. The summed E-state index contributed by atoms with van der Waals surface area (Å²) in [6.45, 7) is 1.39. The van der Waals surface area contributed by atoms with Crippen LogP contribution in [0.2, 0.25) is 0 Å². The van der Waals surface area contributed by atoms with Gasteiger partial charge in [-0.05, 0) is 36.3 Å². The lowest BCUT2D eigenvalue weighted by molar-refractivity contribution is 0.241. The lowest BCUT2D eigenvalue weighted by atomic mass is 10.1. The molecule has 0 saturated heterocycles. The highest BCUT2D eigenvalue weighted by Gasteiger charge is 2.00. The maximum atomic E-state index is 11.6. The van der Waals surface area contributed by atoms with Gasteiger partial charge in [-0.2, -0.15) is 0 Å². The van der Waals surface area contributed by atoms with Crippen LogP contribution in [-0.2, 0) is 12.8 Å². The number of hydrogen-bond acceptors (Lipinski definition) is 2. The van der Waals surface area contributed by atoms with Gasteiger partial charge in [0, 0.05) is 18.0 Å². The lowest BCUT2D eigenvalue weighted by Gasteiger charge is -2.07. The molecule has 0 aliphatic carbocycles. The van der Waals surface area contributed by atoms with Crippen molar-refractivity contribution in [1.82, 2.24) is 10.6 Å². The normalized spacial score (nSPS) is 10.2. The second-order valence-electron chi connectivity index (χ2n) is 4.60. The molecule has 1 aromatic heterocycles.